The Kier molecular flexibility index (Phi) is 3.60. The molecular formula is C15H13BrN2O2. The molecule has 0 saturated carbocycles. The first-order valence-electron chi connectivity index (χ1n) is 6.32. The molecule has 102 valence electrons. The zero-order valence-electron chi connectivity index (χ0n) is 10.7. The lowest BCUT2D eigenvalue weighted by molar-refractivity contribution is 0.0925. The molecule has 20 heavy (non-hydrogen) atoms. The predicted octanol–water partition coefficient (Wildman–Crippen LogP) is 3.50. The molecule has 0 aliphatic rings. The largest absolute Gasteiger partial charge is 0.444 e. The Balaban J connectivity index is 1.61. The summed E-state index contributed by atoms with van der Waals surface area (Å²) < 4.78 is 5.76. The Morgan fingerprint density at radius 1 is 1.25 bits per heavy atom. The zero-order chi connectivity index (χ0) is 13.9. The summed E-state index contributed by atoms with van der Waals surface area (Å²) in [6.45, 7) is 0.568. The number of H-pyrrole nitrogens is 1. The number of carbonyl (C=O) groups excluding carboxylic acids is 1. The molecule has 3 aromatic rings. The van der Waals surface area contributed by atoms with E-state index in [1.807, 2.05) is 24.4 Å². The van der Waals surface area contributed by atoms with E-state index in [-0.39, 0.29) is 5.91 Å². The first kappa shape index (κ1) is 13.0. The molecule has 1 aromatic carbocycles. The van der Waals surface area contributed by atoms with Gasteiger partial charge in [0.15, 0.2) is 10.4 Å². The van der Waals surface area contributed by atoms with Crippen molar-refractivity contribution in [3.8, 4) is 0 Å². The van der Waals surface area contributed by atoms with Crippen molar-refractivity contribution in [2.45, 2.75) is 6.42 Å². The van der Waals surface area contributed by atoms with Gasteiger partial charge in [0.1, 0.15) is 0 Å². The summed E-state index contributed by atoms with van der Waals surface area (Å²) in [6, 6.07) is 11.5. The van der Waals surface area contributed by atoms with Gasteiger partial charge in [0.25, 0.3) is 5.91 Å². The van der Waals surface area contributed by atoms with Crippen molar-refractivity contribution in [3.63, 3.8) is 0 Å². The first-order valence-corrected chi connectivity index (χ1v) is 7.12. The van der Waals surface area contributed by atoms with E-state index in [2.05, 4.69) is 32.3 Å². The molecule has 4 nitrogen and oxygen atoms in total. The van der Waals surface area contributed by atoms with Gasteiger partial charge < -0.3 is 14.7 Å². The second-order valence-electron chi connectivity index (χ2n) is 4.47. The minimum absolute atomic E-state index is 0.199. The number of rotatable bonds is 4. The highest BCUT2D eigenvalue weighted by atomic mass is 79.9. The maximum Gasteiger partial charge on any atom is 0.287 e. The topological polar surface area (TPSA) is 58.0 Å². The lowest BCUT2D eigenvalue weighted by Crippen LogP contribution is -2.25. The van der Waals surface area contributed by atoms with Crippen molar-refractivity contribution in [2.24, 2.45) is 0 Å². The standard InChI is InChI=1S/C15H13BrN2O2/c16-14-6-5-13(20-14)15(19)17-8-7-10-9-18-12-4-2-1-3-11(10)12/h1-6,9,18H,7-8H2,(H,17,19). The zero-order valence-corrected chi connectivity index (χ0v) is 12.2. The molecule has 2 aromatic heterocycles. The average molecular weight is 333 g/mol. The highest BCUT2D eigenvalue weighted by Crippen LogP contribution is 2.18. The van der Waals surface area contributed by atoms with Gasteiger partial charge in [0.05, 0.1) is 0 Å². The lowest BCUT2D eigenvalue weighted by Gasteiger charge is -2.02. The number of para-hydroxylation sites is 1. The molecule has 0 radical (unpaired) electrons. The van der Waals surface area contributed by atoms with Crippen LogP contribution in [0.1, 0.15) is 16.1 Å². The fourth-order valence-electron chi connectivity index (χ4n) is 2.17. The first-order chi connectivity index (χ1) is 9.74. The number of hydrogen-bond acceptors (Lipinski definition) is 2. The molecule has 3 rings (SSSR count). The van der Waals surface area contributed by atoms with Gasteiger partial charge in [-0.15, -0.1) is 0 Å². The summed E-state index contributed by atoms with van der Waals surface area (Å²) in [5.41, 5.74) is 2.31. The molecular weight excluding hydrogens is 320 g/mol. The summed E-state index contributed by atoms with van der Waals surface area (Å²) in [6.07, 6.45) is 2.76. The van der Waals surface area contributed by atoms with Crippen molar-refractivity contribution in [3.05, 3.63) is 58.6 Å². The van der Waals surface area contributed by atoms with Gasteiger partial charge in [0.2, 0.25) is 0 Å². The Morgan fingerprint density at radius 2 is 2.10 bits per heavy atom. The second kappa shape index (κ2) is 5.54. The van der Waals surface area contributed by atoms with Crippen molar-refractivity contribution in [1.82, 2.24) is 10.3 Å². The highest BCUT2D eigenvalue weighted by molar-refractivity contribution is 9.10. The van der Waals surface area contributed by atoms with Crippen LogP contribution in [0.5, 0.6) is 0 Å². The number of nitrogens with one attached hydrogen (secondary N) is 2. The minimum Gasteiger partial charge on any atom is -0.444 e. The Morgan fingerprint density at radius 3 is 2.90 bits per heavy atom. The smallest absolute Gasteiger partial charge is 0.287 e. The third-order valence-electron chi connectivity index (χ3n) is 3.15. The molecule has 0 aliphatic heterocycles. The van der Waals surface area contributed by atoms with Gasteiger partial charge >= 0.3 is 0 Å². The van der Waals surface area contributed by atoms with Crippen molar-refractivity contribution >= 4 is 32.7 Å². The molecule has 0 spiro atoms. The van der Waals surface area contributed by atoms with Crippen LogP contribution < -0.4 is 5.32 Å². The highest BCUT2D eigenvalue weighted by Gasteiger charge is 2.10. The second-order valence-corrected chi connectivity index (χ2v) is 5.25. The number of aromatic nitrogens is 1. The maximum atomic E-state index is 11.8. The molecule has 5 heteroatoms. The fraction of sp³-hybridized carbons (Fsp3) is 0.133. The van der Waals surface area contributed by atoms with E-state index in [0.29, 0.717) is 17.0 Å². The number of amides is 1. The van der Waals surface area contributed by atoms with Gasteiger partial charge in [-0.05, 0) is 46.1 Å². The molecule has 0 unspecified atom stereocenters. The predicted molar refractivity (Wildman–Crippen MR) is 80.7 cm³/mol. The lowest BCUT2D eigenvalue weighted by atomic mass is 10.1. The quantitative estimate of drug-likeness (QED) is 0.768. The molecule has 0 fully saturated rings. The number of halogens is 1. The molecule has 0 atom stereocenters. The van der Waals surface area contributed by atoms with Crippen molar-refractivity contribution in [1.29, 1.82) is 0 Å². The molecule has 2 N–H and O–H groups in total. The van der Waals surface area contributed by atoms with Gasteiger partial charge in [0, 0.05) is 23.6 Å². The maximum absolute atomic E-state index is 11.8. The van der Waals surface area contributed by atoms with Gasteiger partial charge in [-0.2, -0.15) is 0 Å². The number of fused-ring (bicyclic) bond motifs is 1. The van der Waals surface area contributed by atoms with Crippen LogP contribution in [0.3, 0.4) is 0 Å². The van der Waals surface area contributed by atoms with Crippen LogP contribution in [0.15, 0.2) is 51.7 Å². The number of hydrogen-bond donors (Lipinski definition) is 2. The number of aromatic amines is 1. The SMILES string of the molecule is O=C(NCCc1c[nH]c2ccccc12)c1ccc(Br)o1. The summed E-state index contributed by atoms with van der Waals surface area (Å²) in [5, 5.41) is 4.04. The van der Waals surface area contributed by atoms with Crippen molar-refractivity contribution < 1.29 is 9.21 Å². The van der Waals surface area contributed by atoms with Gasteiger partial charge in [-0.25, -0.2) is 0 Å². The molecule has 1 amide bonds. The van der Waals surface area contributed by atoms with E-state index >= 15 is 0 Å². The van der Waals surface area contributed by atoms with Crippen LogP contribution >= 0.6 is 15.9 Å². The summed E-state index contributed by atoms with van der Waals surface area (Å²) in [4.78, 5) is 15.0. The van der Waals surface area contributed by atoms with Gasteiger partial charge in [-0.3, -0.25) is 4.79 Å². The van der Waals surface area contributed by atoms with Crippen LogP contribution in [-0.4, -0.2) is 17.4 Å². The molecule has 0 aliphatic carbocycles. The Hall–Kier alpha value is -2.01. The molecule has 2 heterocycles. The Bertz CT molecular complexity index is 745. The van der Waals surface area contributed by atoms with Gasteiger partial charge in [-0.1, -0.05) is 18.2 Å². The van der Waals surface area contributed by atoms with E-state index in [9.17, 15) is 4.79 Å². The van der Waals surface area contributed by atoms with Crippen LogP contribution in [0, 0.1) is 0 Å². The van der Waals surface area contributed by atoms with E-state index in [0.717, 1.165) is 11.9 Å². The van der Waals surface area contributed by atoms with Crippen LogP contribution in [0.2, 0.25) is 0 Å². The van der Waals surface area contributed by atoms with Crippen LogP contribution in [0.4, 0.5) is 0 Å². The average Bonchev–Trinajstić information content (AvgIpc) is 3.06. The van der Waals surface area contributed by atoms with Crippen LogP contribution in [0.25, 0.3) is 10.9 Å². The van der Waals surface area contributed by atoms with Crippen molar-refractivity contribution in [2.75, 3.05) is 6.54 Å². The normalized spacial score (nSPS) is 10.8. The monoisotopic (exact) mass is 332 g/mol. The summed E-state index contributed by atoms with van der Waals surface area (Å²) in [5.74, 6) is 0.117. The third kappa shape index (κ3) is 2.63. The number of furan rings is 1. The van der Waals surface area contributed by atoms with E-state index in [4.69, 9.17) is 4.42 Å². The third-order valence-corrected chi connectivity index (χ3v) is 3.58. The van der Waals surface area contributed by atoms with E-state index in [1.165, 1.54) is 10.9 Å². The Labute approximate surface area is 124 Å². The fourth-order valence-corrected chi connectivity index (χ4v) is 2.48. The minimum atomic E-state index is -0.199. The molecule has 0 saturated heterocycles. The summed E-state index contributed by atoms with van der Waals surface area (Å²) >= 11 is 3.18. The van der Waals surface area contributed by atoms with E-state index in [1.54, 1.807) is 12.1 Å². The number of benzene rings is 1. The molecule has 0 bridgehead atoms. The number of carbonyl (C=O) groups is 1. The summed E-state index contributed by atoms with van der Waals surface area (Å²) in [7, 11) is 0. The van der Waals surface area contributed by atoms with E-state index < -0.39 is 0 Å². The van der Waals surface area contributed by atoms with Crippen LogP contribution in [-0.2, 0) is 6.42 Å².